The van der Waals surface area contributed by atoms with Crippen LogP contribution in [-0.4, -0.2) is 47.0 Å². The van der Waals surface area contributed by atoms with Crippen LogP contribution in [0.3, 0.4) is 0 Å². The molecule has 2 amide bonds. The Hall–Kier alpha value is -3.18. The summed E-state index contributed by atoms with van der Waals surface area (Å²) in [4.78, 5) is 48.8. The Kier molecular flexibility index (Phi) is 7.31. The van der Waals surface area contributed by atoms with Gasteiger partial charge in [-0.05, 0) is 70.5 Å². The van der Waals surface area contributed by atoms with Gasteiger partial charge in [0.15, 0.2) is 17.3 Å². The van der Waals surface area contributed by atoms with Gasteiger partial charge in [-0.25, -0.2) is 0 Å². The zero-order chi connectivity index (χ0) is 23.4. The number of thioether (sulfide) groups is 1. The lowest BCUT2D eigenvalue weighted by molar-refractivity contribution is -0.384. The lowest BCUT2D eigenvalue weighted by atomic mass is 10.1. The number of amides is 2. The molecule has 1 aliphatic heterocycles. The van der Waals surface area contributed by atoms with E-state index in [1.54, 1.807) is 12.1 Å². The molecule has 1 heterocycles. The van der Waals surface area contributed by atoms with E-state index in [0.29, 0.717) is 28.1 Å². The van der Waals surface area contributed by atoms with E-state index in [1.807, 2.05) is 6.92 Å². The van der Waals surface area contributed by atoms with Crippen molar-refractivity contribution in [2.45, 2.75) is 6.92 Å². The van der Waals surface area contributed by atoms with Crippen molar-refractivity contribution in [1.82, 2.24) is 4.90 Å². The highest BCUT2D eigenvalue weighted by Crippen LogP contribution is 2.39. The van der Waals surface area contributed by atoms with E-state index >= 15 is 0 Å². The molecule has 166 valence electrons. The van der Waals surface area contributed by atoms with Gasteiger partial charge in [-0.15, -0.1) is 0 Å². The Morgan fingerprint density at radius 3 is 2.53 bits per heavy atom. The van der Waals surface area contributed by atoms with Gasteiger partial charge in [-0.1, -0.05) is 0 Å². The Morgan fingerprint density at radius 1 is 1.25 bits per heavy atom. The van der Waals surface area contributed by atoms with E-state index in [-0.39, 0.29) is 16.2 Å². The van der Waals surface area contributed by atoms with Crippen LogP contribution in [0.25, 0.3) is 6.08 Å². The van der Waals surface area contributed by atoms with Gasteiger partial charge in [0.1, 0.15) is 0 Å². The van der Waals surface area contributed by atoms with Crippen molar-refractivity contribution < 1.29 is 28.8 Å². The fourth-order valence-corrected chi connectivity index (χ4v) is 4.38. The van der Waals surface area contributed by atoms with Crippen molar-refractivity contribution in [2.75, 3.05) is 20.3 Å². The molecule has 3 rings (SSSR count). The fraction of sp³-hybridized carbons (Fsp3) is 0.190. The summed E-state index contributed by atoms with van der Waals surface area (Å²) in [5.41, 5.74) is 0.611. The number of hydrogen-bond donors (Lipinski definition) is 0. The Morgan fingerprint density at radius 2 is 1.94 bits per heavy atom. The molecular formula is C21H17BrN2O7S. The predicted octanol–water partition coefficient (Wildman–Crippen LogP) is 4.68. The number of rotatable bonds is 8. The van der Waals surface area contributed by atoms with Crippen molar-refractivity contribution in [3.63, 3.8) is 0 Å². The summed E-state index contributed by atoms with van der Waals surface area (Å²) >= 11 is 4.12. The van der Waals surface area contributed by atoms with Crippen molar-refractivity contribution in [3.05, 3.63) is 67.0 Å². The Balaban J connectivity index is 1.80. The van der Waals surface area contributed by atoms with Crippen LogP contribution < -0.4 is 9.47 Å². The van der Waals surface area contributed by atoms with Crippen molar-refractivity contribution in [2.24, 2.45) is 0 Å². The van der Waals surface area contributed by atoms with E-state index < -0.39 is 28.4 Å². The minimum atomic E-state index is -0.597. The number of carbonyl (C=O) groups excluding carboxylic acids is 3. The molecule has 0 saturated carbocycles. The van der Waals surface area contributed by atoms with Gasteiger partial charge in [0.2, 0.25) is 0 Å². The number of methoxy groups -OCH3 is 1. The Bertz CT molecular complexity index is 1130. The second kappa shape index (κ2) is 9.96. The summed E-state index contributed by atoms with van der Waals surface area (Å²) in [6, 6.07) is 8.37. The van der Waals surface area contributed by atoms with Crippen LogP contribution in [0.1, 0.15) is 22.8 Å². The highest BCUT2D eigenvalue weighted by atomic mass is 79.9. The third-order valence-electron chi connectivity index (χ3n) is 4.41. The first-order chi connectivity index (χ1) is 15.2. The molecule has 2 aromatic carbocycles. The average molecular weight is 521 g/mol. The largest absolute Gasteiger partial charge is 0.492 e. The van der Waals surface area contributed by atoms with Crippen LogP contribution in [0.2, 0.25) is 0 Å². The number of nitro groups is 1. The first-order valence-corrected chi connectivity index (χ1v) is 10.9. The van der Waals surface area contributed by atoms with Gasteiger partial charge in [0, 0.05) is 17.7 Å². The van der Waals surface area contributed by atoms with Gasteiger partial charge < -0.3 is 9.47 Å². The first kappa shape index (κ1) is 23.5. The molecule has 0 atom stereocenters. The number of hydrogen-bond acceptors (Lipinski definition) is 8. The van der Waals surface area contributed by atoms with E-state index in [2.05, 4.69) is 15.9 Å². The van der Waals surface area contributed by atoms with Gasteiger partial charge in [-0.3, -0.25) is 29.4 Å². The summed E-state index contributed by atoms with van der Waals surface area (Å²) in [6.45, 7) is 1.77. The third-order valence-corrected chi connectivity index (χ3v) is 5.91. The molecule has 0 spiro atoms. The number of Topliss-reactive ketones (excluding diaryl/α,β-unsaturated/α-hetero) is 1. The molecule has 1 aliphatic rings. The van der Waals surface area contributed by atoms with Gasteiger partial charge in [0.05, 0.1) is 34.6 Å². The molecule has 0 unspecified atom stereocenters. The highest BCUT2D eigenvalue weighted by Gasteiger charge is 2.36. The molecule has 11 heteroatoms. The molecule has 2 aromatic rings. The molecule has 1 saturated heterocycles. The molecule has 9 nitrogen and oxygen atoms in total. The van der Waals surface area contributed by atoms with Crippen LogP contribution >= 0.6 is 27.7 Å². The van der Waals surface area contributed by atoms with Gasteiger partial charge in [-0.2, -0.15) is 0 Å². The maximum absolute atomic E-state index is 12.8. The first-order valence-electron chi connectivity index (χ1n) is 9.28. The lowest BCUT2D eigenvalue weighted by Gasteiger charge is -2.12. The minimum absolute atomic E-state index is 0.158. The number of ketones is 1. The van der Waals surface area contributed by atoms with Crippen LogP contribution in [0, 0.1) is 10.1 Å². The fourth-order valence-electron chi connectivity index (χ4n) is 2.92. The van der Waals surface area contributed by atoms with E-state index in [4.69, 9.17) is 9.47 Å². The second-order valence-electron chi connectivity index (χ2n) is 6.46. The topological polar surface area (TPSA) is 116 Å². The maximum atomic E-state index is 12.8. The number of nitrogens with zero attached hydrogens (tertiary/aromatic N) is 2. The van der Waals surface area contributed by atoms with Crippen molar-refractivity contribution in [3.8, 4) is 11.5 Å². The molecular weight excluding hydrogens is 504 g/mol. The molecule has 0 radical (unpaired) electrons. The zero-order valence-corrected chi connectivity index (χ0v) is 19.4. The predicted molar refractivity (Wildman–Crippen MR) is 122 cm³/mol. The maximum Gasteiger partial charge on any atom is 0.293 e. The Labute approximate surface area is 195 Å². The summed E-state index contributed by atoms with van der Waals surface area (Å²) in [5, 5.41) is 10.2. The number of nitro benzene ring substituents is 1. The second-order valence-corrected chi connectivity index (χ2v) is 8.31. The third kappa shape index (κ3) is 5.00. The summed E-state index contributed by atoms with van der Waals surface area (Å²) in [7, 11) is 1.51. The van der Waals surface area contributed by atoms with Crippen LogP contribution in [0.15, 0.2) is 45.8 Å². The van der Waals surface area contributed by atoms with Crippen LogP contribution in [-0.2, 0) is 4.79 Å². The summed E-state index contributed by atoms with van der Waals surface area (Å²) < 4.78 is 11.5. The monoisotopic (exact) mass is 520 g/mol. The molecule has 0 N–H and O–H groups in total. The molecule has 32 heavy (non-hydrogen) atoms. The SMILES string of the molecule is CCOc1cc(/C=C2/SC(=O)N(CC(=O)c3ccc([N+](=O)[O-])cc3)C2=O)cc(Br)c1OC. The van der Waals surface area contributed by atoms with E-state index in [1.165, 1.54) is 37.5 Å². The summed E-state index contributed by atoms with van der Waals surface area (Å²) in [5.74, 6) is -0.122. The van der Waals surface area contributed by atoms with Crippen LogP contribution in [0.4, 0.5) is 10.5 Å². The number of benzene rings is 2. The molecule has 1 fully saturated rings. The normalized spacial score (nSPS) is 14.7. The summed E-state index contributed by atoms with van der Waals surface area (Å²) in [6.07, 6.45) is 1.54. The number of ether oxygens (including phenoxy) is 2. The van der Waals surface area contributed by atoms with Crippen LogP contribution in [0.5, 0.6) is 11.5 Å². The standard InChI is InChI=1S/C21H17BrN2O7S/c1-3-31-17-9-12(8-15(22)19(17)30-2)10-18-20(26)23(21(27)32-18)11-16(25)13-4-6-14(7-5-13)24(28)29/h4-10H,3,11H2,1-2H3/b18-10+. The molecule has 0 aliphatic carbocycles. The molecule has 0 bridgehead atoms. The van der Waals surface area contributed by atoms with Crippen molar-refractivity contribution >= 4 is 56.4 Å². The van der Waals surface area contributed by atoms with E-state index in [9.17, 15) is 24.5 Å². The number of imide groups is 1. The quantitative estimate of drug-likeness (QED) is 0.213. The van der Waals surface area contributed by atoms with Gasteiger partial charge in [0.25, 0.3) is 16.8 Å². The smallest absolute Gasteiger partial charge is 0.293 e. The van der Waals surface area contributed by atoms with Gasteiger partial charge >= 0.3 is 0 Å². The lowest BCUT2D eigenvalue weighted by Crippen LogP contribution is -2.33. The van der Waals surface area contributed by atoms with E-state index in [0.717, 1.165) is 16.7 Å². The number of halogens is 1. The number of carbonyl (C=O) groups is 3. The minimum Gasteiger partial charge on any atom is -0.492 e. The average Bonchev–Trinajstić information content (AvgIpc) is 3.01. The molecule has 0 aromatic heterocycles. The van der Waals surface area contributed by atoms with Crippen molar-refractivity contribution in [1.29, 1.82) is 0 Å². The highest BCUT2D eigenvalue weighted by molar-refractivity contribution is 9.10. The zero-order valence-electron chi connectivity index (χ0n) is 17.0. The number of non-ortho nitro benzene ring substituents is 1.